The number of benzene rings is 3. The van der Waals surface area contributed by atoms with Gasteiger partial charge in [-0.05, 0) is 73.5 Å². The lowest BCUT2D eigenvalue weighted by Gasteiger charge is -2.14. The molecule has 0 saturated carbocycles. The second-order valence-corrected chi connectivity index (χ2v) is 8.37. The SMILES string of the molecule is Cc1cc(C)cc(-n2c(SCC(=O)Nc3ccc(C#N)cc3)nc3ccccc3c2=O)c1. The second-order valence-electron chi connectivity index (χ2n) is 7.42. The lowest BCUT2D eigenvalue weighted by atomic mass is 10.1. The molecule has 0 unspecified atom stereocenters. The van der Waals surface area contributed by atoms with Crippen molar-refractivity contribution in [1.82, 2.24) is 9.55 Å². The lowest BCUT2D eigenvalue weighted by molar-refractivity contribution is -0.113. The number of thioether (sulfide) groups is 1. The minimum atomic E-state index is -0.228. The van der Waals surface area contributed by atoms with Gasteiger partial charge in [0.05, 0.1) is 34.0 Å². The lowest BCUT2D eigenvalue weighted by Crippen LogP contribution is -2.23. The van der Waals surface area contributed by atoms with E-state index in [0.717, 1.165) is 16.8 Å². The van der Waals surface area contributed by atoms with E-state index in [0.29, 0.717) is 27.3 Å². The number of fused-ring (bicyclic) bond motifs is 1. The zero-order chi connectivity index (χ0) is 22.7. The Bertz CT molecular complexity index is 1400. The van der Waals surface area contributed by atoms with E-state index in [1.54, 1.807) is 41.0 Å². The molecule has 0 aliphatic carbocycles. The number of nitriles is 1. The van der Waals surface area contributed by atoms with Gasteiger partial charge in [-0.25, -0.2) is 4.98 Å². The normalized spacial score (nSPS) is 10.7. The van der Waals surface area contributed by atoms with E-state index in [-0.39, 0.29) is 17.2 Å². The first kappa shape index (κ1) is 21.3. The van der Waals surface area contributed by atoms with E-state index in [4.69, 9.17) is 5.26 Å². The van der Waals surface area contributed by atoms with Crippen LogP contribution in [0.25, 0.3) is 16.6 Å². The van der Waals surface area contributed by atoms with Crippen molar-refractivity contribution in [2.24, 2.45) is 0 Å². The minimum Gasteiger partial charge on any atom is -0.325 e. The molecular formula is C25H20N4O2S. The molecule has 0 radical (unpaired) electrons. The number of carbonyl (C=O) groups excluding carboxylic acids is 1. The zero-order valence-corrected chi connectivity index (χ0v) is 18.4. The number of aryl methyl sites for hydroxylation is 2. The molecule has 6 nitrogen and oxygen atoms in total. The number of para-hydroxylation sites is 1. The maximum atomic E-state index is 13.4. The molecule has 1 aromatic heterocycles. The number of anilines is 1. The molecule has 0 aliphatic rings. The van der Waals surface area contributed by atoms with Gasteiger partial charge in [-0.1, -0.05) is 30.0 Å². The van der Waals surface area contributed by atoms with Crippen LogP contribution in [0.3, 0.4) is 0 Å². The van der Waals surface area contributed by atoms with Crippen LogP contribution >= 0.6 is 11.8 Å². The highest BCUT2D eigenvalue weighted by Crippen LogP contribution is 2.23. The third kappa shape index (κ3) is 4.56. The van der Waals surface area contributed by atoms with Gasteiger partial charge >= 0.3 is 0 Å². The Hall–Kier alpha value is -3.89. The van der Waals surface area contributed by atoms with Gasteiger partial charge in [0, 0.05) is 5.69 Å². The number of aromatic nitrogens is 2. The molecule has 0 aliphatic heterocycles. The summed E-state index contributed by atoms with van der Waals surface area (Å²) >= 11 is 1.21. The minimum absolute atomic E-state index is 0.0789. The number of amides is 1. The Morgan fingerprint density at radius 1 is 1.06 bits per heavy atom. The van der Waals surface area contributed by atoms with Crippen molar-refractivity contribution >= 4 is 34.3 Å². The van der Waals surface area contributed by atoms with Crippen molar-refractivity contribution in [3.05, 3.63) is 93.8 Å². The van der Waals surface area contributed by atoms with Crippen LogP contribution in [0.2, 0.25) is 0 Å². The number of carbonyl (C=O) groups is 1. The fourth-order valence-corrected chi connectivity index (χ4v) is 4.28. The summed E-state index contributed by atoms with van der Waals surface area (Å²) in [7, 11) is 0. The average molecular weight is 441 g/mol. The summed E-state index contributed by atoms with van der Waals surface area (Å²) in [6.45, 7) is 3.96. The molecule has 1 N–H and O–H groups in total. The Kier molecular flexibility index (Phi) is 6.06. The second kappa shape index (κ2) is 9.08. The largest absolute Gasteiger partial charge is 0.325 e. The van der Waals surface area contributed by atoms with E-state index in [1.807, 2.05) is 50.2 Å². The Balaban J connectivity index is 1.67. The summed E-state index contributed by atoms with van der Waals surface area (Å²) in [6, 6.07) is 21.8. The highest BCUT2D eigenvalue weighted by atomic mass is 32.2. The molecule has 158 valence electrons. The van der Waals surface area contributed by atoms with Gasteiger partial charge in [0.2, 0.25) is 5.91 Å². The molecule has 1 heterocycles. The van der Waals surface area contributed by atoms with Crippen molar-refractivity contribution in [3.8, 4) is 11.8 Å². The summed E-state index contributed by atoms with van der Waals surface area (Å²) in [5.41, 5.74) is 4.34. The maximum Gasteiger partial charge on any atom is 0.266 e. The molecular weight excluding hydrogens is 420 g/mol. The summed E-state index contributed by atoms with van der Waals surface area (Å²) in [5.74, 6) is -0.149. The Morgan fingerprint density at radius 2 is 1.75 bits per heavy atom. The fourth-order valence-electron chi connectivity index (χ4n) is 3.47. The highest BCUT2D eigenvalue weighted by molar-refractivity contribution is 7.99. The standard InChI is InChI=1S/C25H20N4O2S/c1-16-11-17(2)13-20(12-16)29-24(31)21-5-3-4-6-22(21)28-25(29)32-15-23(30)27-19-9-7-18(14-26)8-10-19/h3-13H,15H2,1-2H3,(H,27,30). The van der Waals surface area contributed by atoms with Gasteiger partial charge in [-0.3, -0.25) is 14.2 Å². The van der Waals surface area contributed by atoms with Gasteiger partial charge in [0.25, 0.3) is 5.56 Å². The highest BCUT2D eigenvalue weighted by Gasteiger charge is 2.15. The number of rotatable bonds is 5. The van der Waals surface area contributed by atoms with Crippen LogP contribution in [0.4, 0.5) is 5.69 Å². The number of nitrogens with one attached hydrogen (secondary N) is 1. The van der Waals surface area contributed by atoms with E-state index < -0.39 is 0 Å². The molecule has 1 amide bonds. The van der Waals surface area contributed by atoms with Crippen LogP contribution in [0.5, 0.6) is 0 Å². The summed E-state index contributed by atoms with van der Waals surface area (Å²) in [5, 5.41) is 12.7. The van der Waals surface area contributed by atoms with Crippen LogP contribution in [0, 0.1) is 25.2 Å². The topological polar surface area (TPSA) is 87.8 Å². The third-order valence-corrected chi connectivity index (χ3v) is 5.78. The van der Waals surface area contributed by atoms with Crippen LogP contribution in [0.15, 0.2) is 76.7 Å². The smallest absolute Gasteiger partial charge is 0.266 e. The third-order valence-electron chi connectivity index (χ3n) is 4.84. The van der Waals surface area contributed by atoms with Crippen molar-refractivity contribution in [1.29, 1.82) is 5.26 Å². The predicted molar refractivity (Wildman–Crippen MR) is 127 cm³/mol. The van der Waals surface area contributed by atoms with Gasteiger partial charge in [-0.2, -0.15) is 5.26 Å². The van der Waals surface area contributed by atoms with E-state index >= 15 is 0 Å². The molecule has 0 spiro atoms. The summed E-state index contributed by atoms with van der Waals surface area (Å²) < 4.78 is 1.57. The molecule has 7 heteroatoms. The molecule has 0 fully saturated rings. The quantitative estimate of drug-likeness (QED) is 0.362. The summed E-state index contributed by atoms with van der Waals surface area (Å²) in [4.78, 5) is 30.6. The first-order chi connectivity index (χ1) is 15.4. The van der Waals surface area contributed by atoms with Crippen LogP contribution < -0.4 is 10.9 Å². The first-order valence-electron chi connectivity index (χ1n) is 9.98. The molecule has 0 bridgehead atoms. The number of hydrogen-bond donors (Lipinski definition) is 1. The number of hydrogen-bond acceptors (Lipinski definition) is 5. The van der Waals surface area contributed by atoms with E-state index in [1.165, 1.54) is 11.8 Å². The van der Waals surface area contributed by atoms with Gasteiger partial charge < -0.3 is 5.32 Å². The maximum absolute atomic E-state index is 13.4. The Labute approximate surface area is 189 Å². The Morgan fingerprint density at radius 3 is 2.44 bits per heavy atom. The first-order valence-corrected chi connectivity index (χ1v) is 11.0. The molecule has 4 rings (SSSR count). The van der Waals surface area contributed by atoms with Gasteiger partial charge in [-0.15, -0.1) is 0 Å². The van der Waals surface area contributed by atoms with Gasteiger partial charge in [0.1, 0.15) is 0 Å². The van der Waals surface area contributed by atoms with Crippen LogP contribution in [-0.4, -0.2) is 21.2 Å². The zero-order valence-electron chi connectivity index (χ0n) is 17.6. The van der Waals surface area contributed by atoms with Crippen molar-refractivity contribution < 1.29 is 4.79 Å². The van der Waals surface area contributed by atoms with Crippen LogP contribution in [0.1, 0.15) is 16.7 Å². The molecule has 3 aromatic carbocycles. The predicted octanol–water partition coefficient (Wildman–Crippen LogP) is 4.61. The molecule has 4 aromatic rings. The van der Waals surface area contributed by atoms with Crippen molar-refractivity contribution in [3.63, 3.8) is 0 Å². The monoisotopic (exact) mass is 440 g/mol. The van der Waals surface area contributed by atoms with E-state index in [2.05, 4.69) is 10.3 Å². The fraction of sp³-hybridized carbons (Fsp3) is 0.120. The van der Waals surface area contributed by atoms with E-state index in [9.17, 15) is 9.59 Å². The molecule has 0 atom stereocenters. The van der Waals surface area contributed by atoms with Crippen LogP contribution in [-0.2, 0) is 4.79 Å². The molecule has 32 heavy (non-hydrogen) atoms. The molecule has 0 saturated heterocycles. The van der Waals surface area contributed by atoms with Crippen molar-refractivity contribution in [2.75, 3.05) is 11.1 Å². The average Bonchev–Trinajstić information content (AvgIpc) is 2.77. The van der Waals surface area contributed by atoms with Crippen molar-refractivity contribution in [2.45, 2.75) is 19.0 Å². The van der Waals surface area contributed by atoms with Gasteiger partial charge in [0.15, 0.2) is 5.16 Å². The number of nitrogens with zero attached hydrogens (tertiary/aromatic N) is 3. The summed E-state index contributed by atoms with van der Waals surface area (Å²) in [6.07, 6.45) is 0.